The van der Waals surface area contributed by atoms with Crippen molar-refractivity contribution in [2.24, 2.45) is 11.5 Å². The molecule has 6 nitrogen and oxygen atoms in total. The van der Waals surface area contributed by atoms with Gasteiger partial charge >= 0.3 is 0 Å². The zero-order chi connectivity index (χ0) is 11.4. The van der Waals surface area contributed by atoms with Gasteiger partial charge in [0.05, 0.1) is 12.8 Å². The summed E-state index contributed by atoms with van der Waals surface area (Å²) in [5, 5.41) is 0. The highest BCUT2D eigenvalue weighted by Gasteiger charge is 2.07. The second-order valence-corrected chi connectivity index (χ2v) is 3.01. The molecule has 0 fully saturated rings. The topological polar surface area (TPSA) is 116 Å². The Balaban J connectivity index is 2.99. The number of nitrogens with two attached hydrogens (primary N) is 2. The number of primary amides is 2. The molecule has 4 N–H and O–H groups in total. The molecule has 80 valence electrons. The Morgan fingerprint density at radius 2 is 1.47 bits per heavy atom. The number of hydrogen-bond acceptors (Lipinski definition) is 4. The van der Waals surface area contributed by atoms with Crippen LogP contribution >= 0.6 is 0 Å². The van der Waals surface area contributed by atoms with Gasteiger partial charge in [-0.15, -0.1) is 0 Å². The van der Waals surface area contributed by atoms with E-state index in [4.69, 9.17) is 15.9 Å². The average Bonchev–Trinajstić information content (AvgIpc) is 1.98. The van der Waals surface area contributed by atoms with Gasteiger partial charge < -0.3 is 15.9 Å². The fourth-order valence-corrected chi connectivity index (χ4v) is 1.10. The van der Waals surface area contributed by atoms with Crippen LogP contribution in [0.4, 0.5) is 0 Å². The zero-order valence-electron chi connectivity index (χ0n) is 7.86. The van der Waals surface area contributed by atoms with Gasteiger partial charge in [-0.25, -0.2) is 0 Å². The van der Waals surface area contributed by atoms with Crippen LogP contribution in [0.1, 0.15) is 11.5 Å². The molecule has 0 saturated carbocycles. The smallest absolute Gasteiger partial charge is 0.225 e. The number of carbonyl (C=O) groups is 2. The summed E-state index contributed by atoms with van der Waals surface area (Å²) in [5.74, 6) is -0.971. The first kappa shape index (κ1) is 11.0. The molecule has 0 bridgehead atoms. The predicted octanol–water partition coefficient (Wildman–Crippen LogP) is -1.30. The van der Waals surface area contributed by atoms with E-state index >= 15 is 0 Å². The van der Waals surface area contributed by atoms with Gasteiger partial charge in [-0.1, -0.05) is 0 Å². The summed E-state index contributed by atoms with van der Waals surface area (Å²) in [5.41, 5.74) is 9.51. The van der Waals surface area contributed by atoms with Gasteiger partial charge in [0.25, 0.3) is 0 Å². The molecule has 1 heterocycles. The van der Waals surface area contributed by atoms with Crippen molar-refractivity contribution in [1.29, 1.82) is 0 Å². The molecule has 0 atom stereocenters. The van der Waals surface area contributed by atoms with E-state index in [2.05, 4.69) is 0 Å². The molecule has 0 saturated heterocycles. The molecule has 0 aromatic carbocycles. The van der Waals surface area contributed by atoms with Gasteiger partial charge in [-0.2, -0.15) is 0 Å². The standard InChI is InChI=1S/C9H10N2O4/c10-8(13)3-6-1-5(12)2-7(15-6)4-9(11)14/h1-2H,3-4H2,(H2,10,13)(H2,11,14). The lowest BCUT2D eigenvalue weighted by atomic mass is 10.2. The maximum Gasteiger partial charge on any atom is 0.225 e. The highest BCUT2D eigenvalue weighted by Crippen LogP contribution is 2.03. The van der Waals surface area contributed by atoms with Crippen LogP contribution in [0.5, 0.6) is 0 Å². The lowest BCUT2D eigenvalue weighted by Gasteiger charge is -2.00. The summed E-state index contributed by atoms with van der Waals surface area (Å²) in [7, 11) is 0. The quantitative estimate of drug-likeness (QED) is 0.641. The monoisotopic (exact) mass is 210 g/mol. The highest BCUT2D eigenvalue weighted by atomic mass is 16.3. The number of amides is 2. The average molecular weight is 210 g/mol. The van der Waals surface area contributed by atoms with Crippen molar-refractivity contribution in [3.63, 3.8) is 0 Å². The molecule has 0 aliphatic rings. The van der Waals surface area contributed by atoms with Crippen LogP contribution in [0.25, 0.3) is 0 Å². The summed E-state index contributed by atoms with van der Waals surface area (Å²) in [6.45, 7) is 0. The van der Waals surface area contributed by atoms with Crippen molar-refractivity contribution in [3.8, 4) is 0 Å². The van der Waals surface area contributed by atoms with Crippen LogP contribution in [0.3, 0.4) is 0 Å². The Bertz CT molecular complexity index is 412. The Labute approximate surface area is 84.9 Å². The number of hydrogen-bond donors (Lipinski definition) is 2. The SMILES string of the molecule is NC(=O)Cc1cc(=O)cc(CC(N)=O)o1. The molecule has 0 unspecified atom stereocenters. The Kier molecular flexibility index (Phi) is 3.22. The molecule has 15 heavy (non-hydrogen) atoms. The van der Waals surface area contributed by atoms with Gasteiger partial charge in [0.1, 0.15) is 11.5 Å². The third-order valence-corrected chi connectivity index (χ3v) is 1.57. The van der Waals surface area contributed by atoms with Gasteiger partial charge in [-0.3, -0.25) is 14.4 Å². The second-order valence-electron chi connectivity index (χ2n) is 3.01. The molecule has 0 radical (unpaired) electrons. The van der Waals surface area contributed by atoms with Crippen molar-refractivity contribution in [2.45, 2.75) is 12.8 Å². The van der Waals surface area contributed by atoms with E-state index in [1.807, 2.05) is 0 Å². The molecule has 1 aromatic heterocycles. The zero-order valence-corrected chi connectivity index (χ0v) is 7.86. The molecule has 6 heteroatoms. The maximum absolute atomic E-state index is 11.1. The van der Waals surface area contributed by atoms with Crippen LogP contribution in [-0.2, 0) is 22.4 Å². The predicted molar refractivity (Wildman–Crippen MR) is 50.8 cm³/mol. The molecular formula is C9H10N2O4. The van der Waals surface area contributed by atoms with Crippen LogP contribution in [-0.4, -0.2) is 11.8 Å². The van der Waals surface area contributed by atoms with Gasteiger partial charge in [-0.05, 0) is 0 Å². The minimum atomic E-state index is -0.616. The van der Waals surface area contributed by atoms with Crippen molar-refractivity contribution in [3.05, 3.63) is 33.9 Å². The Hall–Kier alpha value is -2.11. The van der Waals surface area contributed by atoms with Gasteiger partial charge in [0.15, 0.2) is 5.43 Å². The molecule has 0 aliphatic heterocycles. The van der Waals surface area contributed by atoms with Crippen LogP contribution in [0.2, 0.25) is 0 Å². The van der Waals surface area contributed by atoms with E-state index in [0.717, 1.165) is 12.1 Å². The number of rotatable bonds is 4. The summed E-state index contributed by atoms with van der Waals surface area (Å²) in [6.07, 6.45) is -0.357. The van der Waals surface area contributed by atoms with Crippen LogP contribution in [0.15, 0.2) is 21.3 Å². The molecular weight excluding hydrogens is 200 g/mol. The molecule has 0 spiro atoms. The van der Waals surface area contributed by atoms with Crippen molar-refractivity contribution < 1.29 is 14.0 Å². The molecule has 2 amide bonds. The highest BCUT2D eigenvalue weighted by molar-refractivity contribution is 5.76. The molecule has 0 aliphatic carbocycles. The largest absolute Gasteiger partial charge is 0.465 e. The first-order valence-corrected chi connectivity index (χ1v) is 4.17. The van der Waals surface area contributed by atoms with Gasteiger partial charge in [0.2, 0.25) is 11.8 Å². The molecule has 1 rings (SSSR count). The van der Waals surface area contributed by atoms with Crippen LogP contribution in [0, 0.1) is 0 Å². The summed E-state index contributed by atoms with van der Waals surface area (Å²) in [6, 6.07) is 2.30. The fraction of sp³-hybridized carbons (Fsp3) is 0.222. The van der Waals surface area contributed by atoms with Gasteiger partial charge in [0, 0.05) is 12.1 Å². The van der Waals surface area contributed by atoms with E-state index in [0.29, 0.717) is 0 Å². The first-order chi connectivity index (χ1) is 6.97. The summed E-state index contributed by atoms with van der Waals surface area (Å²) in [4.78, 5) is 32.3. The number of carbonyl (C=O) groups excluding carboxylic acids is 2. The lowest BCUT2D eigenvalue weighted by molar-refractivity contribution is -0.118. The fourth-order valence-electron chi connectivity index (χ4n) is 1.10. The Morgan fingerprint density at radius 3 is 1.80 bits per heavy atom. The van der Waals surface area contributed by atoms with Crippen molar-refractivity contribution in [1.82, 2.24) is 0 Å². The summed E-state index contributed by atoms with van der Waals surface area (Å²) < 4.78 is 5.08. The molecule has 1 aromatic rings. The minimum Gasteiger partial charge on any atom is -0.465 e. The van der Waals surface area contributed by atoms with E-state index in [1.165, 1.54) is 0 Å². The van der Waals surface area contributed by atoms with Crippen molar-refractivity contribution in [2.75, 3.05) is 0 Å². The first-order valence-electron chi connectivity index (χ1n) is 4.17. The van der Waals surface area contributed by atoms with E-state index in [9.17, 15) is 14.4 Å². The van der Waals surface area contributed by atoms with Crippen molar-refractivity contribution >= 4 is 11.8 Å². The Morgan fingerprint density at radius 1 is 1.07 bits per heavy atom. The third kappa shape index (κ3) is 3.63. The lowest BCUT2D eigenvalue weighted by Crippen LogP contribution is -2.17. The normalized spacial score (nSPS) is 9.87. The minimum absolute atomic E-state index is 0.131. The summed E-state index contributed by atoms with van der Waals surface area (Å²) >= 11 is 0. The van der Waals surface area contributed by atoms with Crippen LogP contribution < -0.4 is 16.9 Å². The van der Waals surface area contributed by atoms with E-state index in [1.54, 1.807) is 0 Å². The third-order valence-electron chi connectivity index (χ3n) is 1.57. The second kappa shape index (κ2) is 4.41. The van der Waals surface area contributed by atoms with E-state index in [-0.39, 0.29) is 29.8 Å². The van der Waals surface area contributed by atoms with E-state index < -0.39 is 11.8 Å². The maximum atomic E-state index is 11.1.